The van der Waals surface area contributed by atoms with Crippen molar-refractivity contribution >= 4 is 41.1 Å². The van der Waals surface area contributed by atoms with Gasteiger partial charge in [-0.25, -0.2) is 0 Å². The highest BCUT2D eigenvalue weighted by molar-refractivity contribution is 6.35. The van der Waals surface area contributed by atoms with Gasteiger partial charge in [0.25, 0.3) is 11.8 Å². The molecule has 0 saturated heterocycles. The maximum Gasteiger partial charge on any atom is 0.276 e. The summed E-state index contributed by atoms with van der Waals surface area (Å²) in [6.07, 6.45) is 4.17. The molecule has 1 aromatic heterocycles. The van der Waals surface area contributed by atoms with Gasteiger partial charge in [0.05, 0.1) is 11.3 Å². The number of benzene rings is 1. The van der Waals surface area contributed by atoms with E-state index in [2.05, 4.69) is 10.9 Å². The van der Waals surface area contributed by atoms with Crippen LogP contribution in [0.3, 0.4) is 0 Å². The predicted octanol–water partition coefficient (Wildman–Crippen LogP) is 2.83. The molecule has 2 rings (SSSR count). The number of furan rings is 1. The van der Waals surface area contributed by atoms with E-state index in [9.17, 15) is 9.59 Å². The summed E-state index contributed by atoms with van der Waals surface area (Å²) in [5.74, 6) is -0.225. The summed E-state index contributed by atoms with van der Waals surface area (Å²) >= 11 is 11.7. The predicted molar refractivity (Wildman–Crippen MR) is 86.0 cm³/mol. The third-order valence-corrected chi connectivity index (χ3v) is 3.05. The lowest BCUT2D eigenvalue weighted by molar-refractivity contribution is -0.128. The zero-order valence-corrected chi connectivity index (χ0v) is 13.2. The van der Waals surface area contributed by atoms with Crippen molar-refractivity contribution in [2.75, 3.05) is 6.61 Å². The van der Waals surface area contributed by atoms with Gasteiger partial charge in [-0.05, 0) is 36.4 Å². The highest BCUT2D eigenvalue weighted by atomic mass is 35.5. The highest BCUT2D eigenvalue weighted by Gasteiger charge is 2.07. The van der Waals surface area contributed by atoms with Crippen molar-refractivity contribution in [2.45, 2.75) is 0 Å². The standard InChI is InChI=1S/C15H12Cl2N2O4/c16-10-3-5-13(12(17)8-10)23-9-15(21)19-18-14(20)6-4-11-2-1-7-22-11/h1-8H,9H2,(H,18,20)(H,19,21). The molecule has 0 aliphatic heterocycles. The fraction of sp³-hybridized carbons (Fsp3) is 0.0667. The van der Waals surface area contributed by atoms with Crippen LogP contribution in [0.4, 0.5) is 0 Å². The first-order valence-electron chi connectivity index (χ1n) is 6.43. The van der Waals surface area contributed by atoms with Gasteiger partial charge < -0.3 is 9.15 Å². The van der Waals surface area contributed by atoms with Gasteiger partial charge in [-0.3, -0.25) is 20.4 Å². The van der Waals surface area contributed by atoms with Crippen molar-refractivity contribution < 1.29 is 18.7 Å². The molecule has 0 saturated carbocycles. The SMILES string of the molecule is O=C(C=Cc1ccco1)NNC(=O)COc1ccc(Cl)cc1Cl. The van der Waals surface area contributed by atoms with Gasteiger partial charge in [-0.1, -0.05) is 23.2 Å². The number of rotatable bonds is 5. The third-order valence-electron chi connectivity index (χ3n) is 2.52. The lowest BCUT2D eigenvalue weighted by Crippen LogP contribution is -2.43. The molecule has 2 N–H and O–H groups in total. The number of halogens is 2. The molecule has 0 aliphatic rings. The van der Waals surface area contributed by atoms with Crippen LogP contribution in [-0.2, 0) is 9.59 Å². The Bertz CT molecular complexity index is 714. The average molecular weight is 355 g/mol. The van der Waals surface area contributed by atoms with Gasteiger partial charge in [0.2, 0.25) is 0 Å². The number of nitrogens with one attached hydrogen (secondary N) is 2. The number of ether oxygens (including phenoxy) is 1. The Morgan fingerprint density at radius 2 is 2.04 bits per heavy atom. The van der Waals surface area contributed by atoms with Crippen LogP contribution in [0.25, 0.3) is 6.08 Å². The van der Waals surface area contributed by atoms with Gasteiger partial charge in [-0.2, -0.15) is 0 Å². The molecule has 1 heterocycles. The Morgan fingerprint density at radius 1 is 1.22 bits per heavy atom. The van der Waals surface area contributed by atoms with Gasteiger partial charge in [0, 0.05) is 11.1 Å². The molecule has 0 fully saturated rings. The summed E-state index contributed by atoms with van der Waals surface area (Å²) in [6.45, 7) is -0.316. The fourth-order valence-corrected chi connectivity index (χ4v) is 1.95. The first-order valence-corrected chi connectivity index (χ1v) is 7.18. The van der Waals surface area contributed by atoms with E-state index in [0.29, 0.717) is 16.5 Å². The van der Waals surface area contributed by atoms with E-state index in [4.69, 9.17) is 32.4 Å². The van der Waals surface area contributed by atoms with Crippen LogP contribution in [0, 0.1) is 0 Å². The minimum Gasteiger partial charge on any atom is -0.482 e. The monoisotopic (exact) mass is 354 g/mol. The van der Waals surface area contributed by atoms with Crippen LogP contribution in [0.2, 0.25) is 10.0 Å². The largest absolute Gasteiger partial charge is 0.482 e. The molecular formula is C15H12Cl2N2O4. The van der Waals surface area contributed by atoms with E-state index >= 15 is 0 Å². The number of carbonyl (C=O) groups is 2. The zero-order valence-electron chi connectivity index (χ0n) is 11.7. The Balaban J connectivity index is 1.73. The molecule has 8 heteroatoms. The number of hydrogen-bond donors (Lipinski definition) is 2. The van der Waals surface area contributed by atoms with Crippen LogP contribution in [-0.4, -0.2) is 18.4 Å². The highest BCUT2D eigenvalue weighted by Crippen LogP contribution is 2.27. The van der Waals surface area contributed by atoms with E-state index in [-0.39, 0.29) is 11.6 Å². The first-order chi connectivity index (χ1) is 11.0. The number of hydrazine groups is 1. The molecule has 2 aromatic rings. The Hall–Kier alpha value is -2.44. The summed E-state index contributed by atoms with van der Waals surface area (Å²) in [5, 5.41) is 0.748. The fourth-order valence-electron chi connectivity index (χ4n) is 1.49. The summed E-state index contributed by atoms with van der Waals surface area (Å²) in [5.41, 5.74) is 4.40. The molecule has 6 nitrogen and oxygen atoms in total. The van der Waals surface area contributed by atoms with Crippen molar-refractivity contribution in [1.82, 2.24) is 10.9 Å². The molecule has 0 atom stereocenters. The lowest BCUT2D eigenvalue weighted by Gasteiger charge is -2.09. The van der Waals surface area contributed by atoms with Gasteiger partial charge in [0.1, 0.15) is 11.5 Å². The van der Waals surface area contributed by atoms with Crippen molar-refractivity contribution in [2.24, 2.45) is 0 Å². The van der Waals surface area contributed by atoms with E-state index in [1.807, 2.05) is 0 Å². The van der Waals surface area contributed by atoms with Gasteiger partial charge in [0.15, 0.2) is 6.61 Å². The molecule has 23 heavy (non-hydrogen) atoms. The number of amides is 2. The second-order valence-electron chi connectivity index (χ2n) is 4.25. The second-order valence-corrected chi connectivity index (χ2v) is 5.09. The Labute approximate surface area is 142 Å². The lowest BCUT2D eigenvalue weighted by atomic mass is 10.3. The molecule has 120 valence electrons. The Kier molecular flexibility index (Phi) is 6.08. The van der Waals surface area contributed by atoms with Crippen LogP contribution >= 0.6 is 23.2 Å². The third kappa shape index (κ3) is 5.69. The Morgan fingerprint density at radius 3 is 2.74 bits per heavy atom. The molecule has 0 spiro atoms. The van der Waals surface area contributed by atoms with Crippen molar-refractivity contribution in [1.29, 1.82) is 0 Å². The maximum absolute atomic E-state index is 11.6. The van der Waals surface area contributed by atoms with Gasteiger partial charge in [-0.15, -0.1) is 0 Å². The second kappa shape index (κ2) is 8.26. The van der Waals surface area contributed by atoms with E-state index < -0.39 is 11.8 Å². The number of hydrogen-bond acceptors (Lipinski definition) is 4. The zero-order chi connectivity index (χ0) is 16.7. The smallest absolute Gasteiger partial charge is 0.276 e. The summed E-state index contributed by atoms with van der Waals surface area (Å²) in [6, 6.07) is 8.01. The quantitative estimate of drug-likeness (QED) is 0.639. The average Bonchev–Trinajstić information content (AvgIpc) is 3.03. The van der Waals surface area contributed by atoms with E-state index in [0.717, 1.165) is 0 Å². The molecule has 2 amide bonds. The minimum absolute atomic E-state index is 0.288. The van der Waals surface area contributed by atoms with Crippen LogP contribution in [0.15, 0.2) is 47.1 Å². The van der Waals surface area contributed by atoms with E-state index in [1.54, 1.807) is 24.3 Å². The minimum atomic E-state index is -0.546. The maximum atomic E-state index is 11.6. The van der Waals surface area contributed by atoms with Crippen LogP contribution in [0.5, 0.6) is 5.75 Å². The van der Waals surface area contributed by atoms with Crippen molar-refractivity contribution in [3.63, 3.8) is 0 Å². The molecule has 0 unspecified atom stereocenters. The summed E-state index contributed by atoms with van der Waals surface area (Å²) in [4.78, 5) is 23.0. The first kappa shape index (κ1) is 16.9. The summed E-state index contributed by atoms with van der Waals surface area (Å²) < 4.78 is 10.2. The van der Waals surface area contributed by atoms with Crippen LogP contribution < -0.4 is 15.6 Å². The molecule has 1 aromatic carbocycles. The summed E-state index contributed by atoms with van der Waals surface area (Å²) in [7, 11) is 0. The van der Waals surface area contributed by atoms with Crippen molar-refractivity contribution in [3.05, 3.63) is 58.5 Å². The topological polar surface area (TPSA) is 80.6 Å². The van der Waals surface area contributed by atoms with Crippen molar-refractivity contribution in [3.8, 4) is 5.75 Å². The molecule has 0 radical (unpaired) electrons. The molecule has 0 bridgehead atoms. The van der Waals surface area contributed by atoms with Gasteiger partial charge >= 0.3 is 0 Å². The van der Waals surface area contributed by atoms with Crippen LogP contribution in [0.1, 0.15) is 5.76 Å². The molecular weight excluding hydrogens is 343 g/mol. The normalized spacial score (nSPS) is 10.5. The number of carbonyl (C=O) groups excluding carboxylic acids is 2. The van der Waals surface area contributed by atoms with E-state index in [1.165, 1.54) is 24.5 Å². The molecule has 0 aliphatic carbocycles.